The Morgan fingerprint density at radius 1 is 1.33 bits per heavy atom. The molecule has 0 spiro atoms. The smallest absolute Gasteiger partial charge is 0.189 e. The number of morpholine rings is 1. The summed E-state index contributed by atoms with van der Waals surface area (Å²) >= 11 is 0. The number of aromatic hydroxyl groups is 1. The molecule has 0 saturated carbocycles. The maximum atomic E-state index is 9.75. The average Bonchev–Trinajstić information content (AvgIpc) is 3.01. The predicted octanol–water partition coefficient (Wildman–Crippen LogP) is 1.96. The molecule has 1 saturated heterocycles. The molecule has 2 aromatic heterocycles. The first-order valence-corrected chi connectivity index (χ1v) is 8.06. The summed E-state index contributed by atoms with van der Waals surface area (Å²) in [5.41, 5.74) is 2.73. The van der Waals surface area contributed by atoms with Crippen molar-refractivity contribution in [3.8, 4) is 17.3 Å². The van der Waals surface area contributed by atoms with E-state index in [-0.39, 0.29) is 5.88 Å². The first kappa shape index (κ1) is 13.6. The zero-order valence-corrected chi connectivity index (χ0v) is 13.0. The number of hydrogen-bond acceptors (Lipinski definition) is 6. The van der Waals surface area contributed by atoms with Crippen LogP contribution in [0.2, 0.25) is 0 Å². The minimum absolute atomic E-state index is 0.144. The van der Waals surface area contributed by atoms with Crippen LogP contribution in [-0.4, -0.2) is 52.4 Å². The van der Waals surface area contributed by atoms with Crippen LogP contribution in [0.25, 0.3) is 22.3 Å². The van der Waals surface area contributed by atoms with Gasteiger partial charge in [-0.2, -0.15) is 0 Å². The van der Waals surface area contributed by atoms with E-state index >= 15 is 0 Å². The summed E-state index contributed by atoms with van der Waals surface area (Å²) in [6.07, 6.45) is 1.84. The number of benzene rings is 1. The van der Waals surface area contributed by atoms with Gasteiger partial charge in [0.15, 0.2) is 17.5 Å². The van der Waals surface area contributed by atoms with Gasteiger partial charge < -0.3 is 25.0 Å². The Balaban J connectivity index is 1.65. The number of aromatic amines is 1. The second-order valence-corrected chi connectivity index (χ2v) is 6.16. The lowest BCUT2D eigenvalue weighted by Gasteiger charge is -2.41. The summed E-state index contributed by atoms with van der Waals surface area (Å²) < 4.78 is 5.57. The number of fused-ring (bicyclic) bond motifs is 4. The Morgan fingerprint density at radius 3 is 3.25 bits per heavy atom. The van der Waals surface area contributed by atoms with Gasteiger partial charge >= 0.3 is 0 Å². The number of ether oxygens (including phenoxy) is 1. The summed E-state index contributed by atoms with van der Waals surface area (Å²) in [5.74, 6) is 1.73. The Labute approximate surface area is 138 Å². The topological polar surface area (TPSA) is 86.3 Å². The lowest BCUT2D eigenvalue weighted by molar-refractivity contribution is 0.0959. The molecule has 122 valence electrons. The van der Waals surface area contributed by atoms with Crippen molar-refractivity contribution in [1.82, 2.24) is 15.0 Å². The van der Waals surface area contributed by atoms with Gasteiger partial charge in [-0.1, -0.05) is 12.1 Å². The van der Waals surface area contributed by atoms with Crippen molar-refractivity contribution in [2.75, 3.05) is 36.5 Å². The molecule has 0 radical (unpaired) electrons. The highest BCUT2D eigenvalue weighted by molar-refractivity contribution is 5.95. The second kappa shape index (κ2) is 5.10. The minimum Gasteiger partial charge on any atom is -0.495 e. The van der Waals surface area contributed by atoms with Gasteiger partial charge in [0.2, 0.25) is 0 Å². The van der Waals surface area contributed by atoms with E-state index < -0.39 is 0 Å². The molecule has 0 amide bonds. The Morgan fingerprint density at radius 2 is 2.29 bits per heavy atom. The van der Waals surface area contributed by atoms with Gasteiger partial charge in [0, 0.05) is 35.6 Å². The zero-order valence-electron chi connectivity index (χ0n) is 13.0. The van der Waals surface area contributed by atoms with Crippen molar-refractivity contribution in [1.29, 1.82) is 0 Å². The molecule has 1 atom stereocenters. The van der Waals surface area contributed by atoms with Gasteiger partial charge in [0.05, 0.1) is 31.1 Å². The fourth-order valence-corrected chi connectivity index (χ4v) is 3.51. The fourth-order valence-electron chi connectivity index (χ4n) is 3.51. The molecule has 5 rings (SSSR count). The first-order valence-electron chi connectivity index (χ1n) is 8.06. The highest BCUT2D eigenvalue weighted by Crippen LogP contribution is 2.34. The predicted molar refractivity (Wildman–Crippen MR) is 91.4 cm³/mol. The number of hydrogen-bond donors (Lipinski definition) is 3. The molecule has 1 fully saturated rings. The SMILES string of the molecule is Oc1cc2c(-c3ncc4c(n3)N3CCOCC3CN4)cccc2[nH]1. The Hall–Kier alpha value is -2.80. The van der Waals surface area contributed by atoms with E-state index in [0.717, 1.165) is 47.7 Å². The van der Waals surface area contributed by atoms with Gasteiger partial charge in [-0.25, -0.2) is 9.97 Å². The number of H-pyrrole nitrogens is 1. The van der Waals surface area contributed by atoms with Crippen LogP contribution in [-0.2, 0) is 4.74 Å². The third-order valence-corrected chi connectivity index (χ3v) is 4.69. The summed E-state index contributed by atoms with van der Waals surface area (Å²) in [4.78, 5) is 14.6. The average molecular weight is 323 g/mol. The van der Waals surface area contributed by atoms with E-state index in [1.165, 1.54) is 0 Å². The van der Waals surface area contributed by atoms with Crippen molar-refractivity contribution >= 4 is 22.4 Å². The number of aromatic nitrogens is 3. The molecule has 7 heteroatoms. The molecule has 1 aromatic carbocycles. The summed E-state index contributed by atoms with van der Waals surface area (Å²) in [6.45, 7) is 3.12. The van der Waals surface area contributed by atoms with Gasteiger partial charge in [0.1, 0.15) is 0 Å². The lowest BCUT2D eigenvalue weighted by atomic mass is 10.1. The quantitative estimate of drug-likeness (QED) is 0.635. The largest absolute Gasteiger partial charge is 0.495 e. The molecular weight excluding hydrogens is 306 g/mol. The van der Waals surface area contributed by atoms with Crippen LogP contribution >= 0.6 is 0 Å². The third-order valence-electron chi connectivity index (χ3n) is 4.69. The summed E-state index contributed by atoms with van der Waals surface area (Å²) in [6, 6.07) is 7.86. The van der Waals surface area contributed by atoms with Crippen LogP contribution in [0.3, 0.4) is 0 Å². The molecule has 2 aliphatic rings. The second-order valence-electron chi connectivity index (χ2n) is 6.16. The lowest BCUT2D eigenvalue weighted by Crippen LogP contribution is -2.52. The van der Waals surface area contributed by atoms with Crippen molar-refractivity contribution < 1.29 is 9.84 Å². The zero-order chi connectivity index (χ0) is 16.1. The van der Waals surface area contributed by atoms with Crippen LogP contribution < -0.4 is 10.2 Å². The number of anilines is 2. The Kier molecular flexibility index (Phi) is 2.90. The minimum atomic E-state index is 0.144. The van der Waals surface area contributed by atoms with Gasteiger partial charge in [0.25, 0.3) is 0 Å². The molecule has 0 bridgehead atoms. The number of rotatable bonds is 1. The van der Waals surface area contributed by atoms with Crippen molar-refractivity contribution in [2.24, 2.45) is 0 Å². The Bertz CT molecular complexity index is 922. The molecule has 24 heavy (non-hydrogen) atoms. The normalized spacial score (nSPS) is 19.7. The van der Waals surface area contributed by atoms with Crippen LogP contribution in [0.4, 0.5) is 11.5 Å². The molecular formula is C17H17N5O2. The molecule has 2 aliphatic heterocycles. The maximum absolute atomic E-state index is 9.75. The van der Waals surface area contributed by atoms with E-state index in [0.29, 0.717) is 18.5 Å². The third kappa shape index (κ3) is 2.01. The first-order chi connectivity index (χ1) is 11.8. The molecule has 1 unspecified atom stereocenters. The van der Waals surface area contributed by atoms with Crippen molar-refractivity contribution in [2.45, 2.75) is 6.04 Å². The molecule has 3 N–H and O–H groups in total. The van der Waals surface area contributed by atoms with Crippen LogP contribution in [0.15, 0.2) is 30.5 Å². The number of nitrogens with one attached hydrogen (secondary N) is 2. The van der Waals surface area contributed by atoms with Gasteiger partial charge in [-0.3, -0.25) is 0 Å². The fraction of sp³-hybridized carbons (Fsp3) is 0.294. The molecule has 7 nitrogen and oxygen atoms in total. The van der Waals surface area contributed by atoms with E-state index in [1.807, 2.05) is 24.4 Å². The summed E-state index contributed by atoms with van der Waals surface area (Å²) in [5, 5.41) is 14.0. The van der Waals surface area contributed by atoms with E-state index in [2.05, 4.69) is 20.2 Å². The van der Waals surface area contributed by atoms with E-state index in [1.54, 1.807) is 6.07 Å². The monoisotopic (exact) mass is 323 g/mol. The van der Waals surface area contributed by atoms with Crippen molar-refractivity contribution in [3.05, 3.63) is 30.5 Å². The van der Waals surface area contributed by atoms with E-state index in [4.69, 9.17) is 9.72 Å². The maximum Gasteiger partial charge on any atom is 0.189 e. The highest BCUT2D eigenvalue weighted by atomic mass is 16.5. The van der Waals surface area contributed by atoms with Crippen LogP contribution in [0, 0.1) is 0 Å². The molecule has 3 aromatic rings. The molecule has 4 heterocycles. The number of nitrogens with zero attached hydrogens (tertiary/aromatic N) is 3. The van der Waals surface area contributed by atoms with Gasteiger partial charge in [-0.05, 0) is 6.07 Å². The van der Waals surface area contributed by atoms with Crippen molar-refractivity contribution in [3.63, 3.8) is 0 Å². The molecule has 0 aliphatic carbocycles. The summed E-state index contributed by atoms with van der Waals surface area (Å²) in [7, 11) is 0. The van der Waals surface area contributed by atoms with E-state index in [9.17, 15) is 5.11 Å². The standard InChI is InChI=1S/C17H17N5O2/c23-15-6-12-11(2-1-3-13(12)20-15)16-19-8-14-17(21-16)22-4-5-24-9-10(22)7-18-14/h1-3,6,8,10,18,20,23H,4-5,7,9H2. The van der Waals surface area contributed by atoms with Crippen LogP contribution in [0.5, 0.6) is 5.88 Å². The highest BCUT2D eigenvalue weighted by Gasteiger charge is 2.30. The van der Waals surface area contributed by atoms with Gasteiger partial charge in [-0.15, -0.1) is 0 Å². The van der Waals surface area contributed by atoms with Crippen LogP contribution in [0.1, 0.15) is 0 Å².